The average molecular weight is 1960 g/mol. The number of hydrogen-bond donors (Lipinski definition) is 9. The van der Waals surface area contributed by atoms with Crippen molar-refractivity contribution in [2.75, 3.05) is 52.4 Å². The minimum atomic E-state index is -0.927. The number of nitro groups is 5. The molecule has 8 saturated carbocycles. The van der Waals surface area contributed by atoms with Gasteiger partial charge in [-0.15, -0.1) is 40.8 Å². The van der Waals surface area contributed by atoms with Crippen LogP contribution in [0, 0.1) is 200 Å². The van der Waals surface area contributed by atoms with Crippen LogP contribution in [0.3, 0.4) is 0 Å². The molecule has 0 saturated heterocycles. The molecule has 8 fully saturated rings. The molecule has 4 aromatic rings. The number of hydrogen-bond acceptors (Lipinski definition) is 30. The number of aromatic nitrogens is 16. The molecule has 0 radical (unpaired) electrons. The molecule has 141 heavy (non-hydrogen) atoms. The SMILES string of the molecule is CCC1=C[C@@H]2[C@H](C1)C[C@@]2(CC#N)C[N+](=O)[O-].CCC1=C[C@@H]2[C@H](C1)C[C@@]2(CC(=O)O)C[N+](=O)[O-].CCC1=C[C@@H]2[C@H](C1)C[C@@]2(CC(=O)OC(C)(C)C)C[N+](=O)[O-].CCC1=C[C@@H]2[C@H](C1)C[C@@]2(CC(N)=O)C[N+](=O)[O-].CCC1=C[C@@H]2[C@H](C1)C[C@@]2(CN)Cc1nn[nH]n1.CCC1=C[C@@H]2[C@H](C1)C[C@@]2(Cc1nn[nH]n1)C[N+](=O)[O-].CCC1=C[C@@H]2[C@H](C1)C[C@]2(CN)Cc1nn[nH]n1.CCC1=C[C@@H]2[C@H](C1)C[C@]2(CN)Cc1nn[nH]n1. The van der Waals surface area contributed by atoms with Gasteiger partial charge < -0.3 is 32.8 Å². The first-order chi connectivity index (χ1) is 67.1. The summed E-state index contributed by atoms with van der Waals surface area (Å²) in [6.07, 6.45) is 47.2. The van der Waals surface area contributed by atoms with Gasteiger partial charge in [0.1, 0.15) is 5.60 Å². The first-order valence-corrected chi connectivity index (χ1v) is 51.4. The van der Waals surface area contributed by atoms with Gasteiger partial charge in [-0.25, -0.2) is 0 Å². The Bertz CT molecular complexity index is 5090. The zero-order chi connectivity index (χ0) is 102. The Morgan fingerprint density at radius 3 is 0.816 bits per heavy atom. The number of aromatic amines is 4. The highest BCUT2D eigenvalue weighted by Gasteiger charge is 2.65. The number of ether oxygens (including phenoxy) is 1. The van der Waals surface area contributed by atoms with Crippen molar-refractivity contribution in [3.8, 4) is 6.07 Å². The van der Waals surface area contributed by atoms with Gasteiger partial charge in [0.2, 0.25) is 38.6 Å². The van der Waals surface area contributed by atoms with Gasteiger partial charge >= 0.3 is 11.9 Å². The Labute approximate surface area is 824 Å². The van der Waals surface area contributed by atoms with E-state index in [1.54, 1.807) is 16.7 Å². The van der Waals surface area contributed by atoms with E-state index >= 15 is 0 Å². The highest BCUT2D eigenvalue weighted by atomic mass is 16.6. The van der Waals surface area contributed by atoms with E-state index in [0.29, 0.717) is 78.3 Å². The quantitative estimate of drug-likeness (QED) is 0.00884. The molecule has 0 aromatic carbocycles. The first kappa shape index (κ1) is 107. The molecule has 24 atom stereocenters. The highest BCUT2D eigenvalue weighted by Crippen LogP contribution is 2.67. The molecule has 41 nitrogen and oxygen atoms in total. The van der Waals surface area contributed by atoms with Gasteiger partial charge in [-0.2, -0.15) is 26.1 Å². The Morgan fingerprint density at radius 2 is 0.589 bits per heavy atom. The number of carbonyl (C=O) groups is 3. The lowest BCUT2D eigenvalue weighted by Gasteiger charge is -2.51. The van der Waals surface area contributed by atoms with Crippen LogP contribution >= 0.6 is 0 Å². The summed E-state index contributed by atoms with van der Waals surface area (Å²) in [6.45, 7) is 24.3. The second-order valence-corrected chi connectivity index (χ2v) is 45.3. The summed E-state index contributed by atoms with van der Waals surface area (Å²) in [7, 11) is 0. The van der Waals surface area contributed by atoms with E-state index in [2.05, 4.69) is 193 Å². The van der Waals surface area contributed by atoms with E-state index in [-0.39, 0.29) is 133 Å². The minimum Gasteiger partial charge on any atom is -0.481 e. The summed E-state index contributed by atoms with van der Waals surface area (Å²) in [5.41, 5.74) is 32.7. The van der Waals surface area contributed by atoms with E-state index in [4.69, 9.17) is 38.0 Å². The largest absolute Gasteiger partial charge is 0.481 e. The molecule has 13 N–H and O–H groups in total. The zero-order valence-corrected chi connectivity index (χ0v) is 84.2. The van der Waals surface area contributed by atoms with Crippen molar-refractivity contribution in [1.29, 1.82) is 5.26 Å². The van der Waals surface area contributed by atoms with Crippen LogP contribution in [0.4, 0.5) is 0 Å². The van der Waals surface area contributed by atoms with E-state index in [1.165, 1.54) is 85.7 Å². The van der Waals surface area contributed by atoms with Crippen molar-refractivity contribution >= 4 is 17.8 Å². The van der Waals surface area contributed by atoms with Gasteiger partial charge in [-0.3, -0.25) is 65.0 Å². The average Bonchev–Trinajstić information content (AvgIpc) is 1.57. The van der Waals surface area contributed by atoms with E-state index in [1.807, 2.05) is 20.8 Å². The number of carboxylic acids is 1. The van der Waals surface area contributed by atoms with Gasteiger partial charge in [-0.1, -0.05) is 169 Å². The van der Waals surface area contributed by atoms with E-state index in [0.717, 1.165) is 164 Å². The highest BCUT2D eigenvalue weighted by molar-refractivity contribution is 5.75. The summed E-state index contributed by atoms with van der Waals surface area (Å²) in [5.74, 6) is 9.35. The fourth-order valence-corrected chi connectivity index (χ4v) is 29.0. The Kier molecular flexibility index (Phi) is 34.1. The number of amides is 1. The lowest BCUT2D eigenvalue weighted by Crippen LogP contribution is -2.51. The third-order valence-electron chi connectivity index (χ3n) is 35.6. The molecule has 770 valence electrons. The van der Waals surface area contributed by atoms with Crippen LogP contribution in [-0.4, -0.2) is 188 Å². The number of H-pyrrole nitrogens is 4. The fourth-order valence-electron chi connectivity index (χ4n) is 29.0. The van der Waals surface area contributed by atoms with Gasteiger partial charge in [-0.05, 0) is 305 Å². The zero-order valence-electron chi connectivity index (χ0n) is 84.2. The third-order valence-corrected chi connectivity index (χ3v) is 35.6. The van der Waals surface area contributed by atoms with Gasteiger partial charge in [0.15, 0.2) is 23.3 Å². The lowest BCUT2D eigenvalue weighted by molar-refractivity contribution is -0.506. The molecule has 0 spiro atoms. The number of rotatable bonds is 36. The first-order valence-electron chi connectivity index (χ1n) is 51.4. The molecule has 16 aliphatic rings. The monoisotopic (exact) mass is 1960 g/mol. The number of nitriles is 1. The van der Waals surface area contributed by atoms with Crippen molar-refractivity contribution < 1.29 is 48.8 Å². The molecule has 20 rings (SSSR count). The molecule has 4 aromatic heterocycles. The van der Waals surface area contributed by atoms with Gasteiger partial charge in [0, 0.05) is 68.6 Å². The number of primary amides is 1. The molecule has 41 heteroatoms. The number of carboxylic acid groups (broad SMARTS) is 1. The molecule has 0 bridgehead atoms. The van der Waals surface area contributed by atoms with Crippen molar-refractivity contribution in [3.63, 3.8) is 0 Å². The smallest absolute Gasteiger partial charge is 0.307 e. The van der Waals surface area contributed by atoms with Crippen LogP contribution in [0.1, 0.15) is 279 Å². The summed E-state index contributed by atoms with van der Waals surface area (Å²) >= 11 is 0. The molecular weight excluding hydrogens is 1810 g/mol. The molecular formula is C100H150N26O15. The molecule has 0 aliphatic heterocycles. The minimum absolute atomic E-state index is 0.00377. The number of nitrogens with two attached hydrogens (primary N) is 4. The lowest BCUT2D eigenvalue weighted by atomic mass is 9.53. The maximum Gasteiger partial charge on any atom is 0.307 e. The molecule has 4 heterocycles. The number of allylic oxidation sites excluding steroid dienone is 16. The summed E-state index contributed by atoms with van der Waals surface area (Å²) in [6, 6.07) is 2.13. The second-order valence-electron chi connectivity index (χ2n) is 45.3. The summed E-state index contributed by atoms with van der Waals surface area (Å²) in [4.78, 5) is 86.9. The number of fused-ring (bicyclic) bond motifs is 8. The number of carbonyl (C=O) groups excluding carboxylic acids is 2. The number of aliphatic carboxylic acids is 1. The maximum atomic E-state index is 12.1. The number of nitrogens with zero attached hydrogens (tertiary/aromatic N) is 18. The topological polar surface area (TPSA) is 642 Å². The molecule has 0 unspecified atom stereocenters. The van der Waals surface area contributed by atoms with Crippen LogP contribution in [0.5, 0.6) is 0 Å². The van der Waals surface area contributed by atoms with Gasteiger partial charge in [0.05, 0.1) is 40.6 Å². The number of nitrogens with one attached hydrogen (secondary N) is 4. The maximum absolute atomic E-state index is 12.1. The van der Waals surface area contributed by atoms with E-state index in [9.17, 15) is 65.0 Å². The van der Waals surface area contributed by atoms with Crippen LogP contribution < -0.4 is 22.9 Å². The summed E-state index contributed by atoms with van der Waals surface area (Å²) in [5, 5.41) is 129. The second kappa shape index (κ2) is 44.9. The number of tetrazole rings is 4. The van der Waals surface area contributed by atoms with Crippen molar-refractivity contribution in [3.05, 3.63) is 167 Å². The van der Waals surface area contributed by atoms with Crippen LogP contribution in [0.2, 0.25) is 0 Å². The predicted molar refractivity (Wildman–Crippen MR) is 521 cm³/mol. The Hall–Kier alpha value is -11.0. The van der Waals surface area contributed by atoms with E-state index < -0.39 is 33.7 Å². The van der Waals surface area contributed by atoms with Crippen molar-refractivity contribution in [2.24, 2.45) is 161 Å². The Morgan fingerprint density at radius 1 is 0.376 bits per heavy atom. The van der Waals surface area contributed by atoms with Crippen LogP contribution in [0.25, 0.3) is 0 Å². The fraction of sp³-hybridized carbons (Fsp3) is 0.760. The molecule has 1 amide bonds. The third kappa shape index (κ3) is 23.9. The molecule has 16 aliphatic carbocycles. The number of esters is 1. The summed E-state index contributed by atoms with van der Waals surface area (Å²) < 4.78 is 5.37. The van der Waals surface area contributed by atoms with Crippen molar-refractivity contribution in [1.82, 2.24) is 82.5 Å². The standard InChI is InChI=1S/C16H25NO4.C12H17N5O2.3C12H19N5.C12H18N2O3.C12H16N2O2.C12H17NO4/c1-5-11-6-12-8-16(10-17(19)20,13(12)7-11)9-14(18)21-15(2,3)4;1-2-8-3-9-5-12(7-17(18)19,10(9)4-8)6-11-13-15-16-14-11;3*1-2-8-3-9-5-12(7-13,10(9)4-8)6-11-14-16-17-15-11;1-2-8-3-9-5-12(6-11(13)15,7-14(16)17)10(9)4-8;1-2-9-5-10-7-12(3-4-13,8-14(15)16)11(10)6-9;1-2-8-3-9-5-12(6-11(14)15,7-13(16)17)10(9)4-8/h7,12-13H,5-6,8-10H2,1-4H3;4,9-10H,2-3,5-7H2,1H3,(H,13,14,15,16);3*4,9-10H,2-3,5-7,13H2,1H3,(H,14,15,16,17);4,9-10H,2-3,5-7H2,1H3,(H2,13,15);6,10-11H,2-3,5,7-8H2,1H3;4,9-10H,2-3,5-7H2,1H3,(H,14,15)/t12-,13-,16-;9-,10-,12-;9-,10-,12+;3*9-,10-,12-;10-,11-,12+;9-,10-,12-/m11111111/s1. The Balaban J connectivity index is 0.000000136. The van der Waals surface area contributed by atoms with Gasteiger partial charge in [0.25, 0.3) is 0 Å². The van der Waals surface area contributed by atoms with Crippen LogP contribution in [0.15, 0.2) is 93.2 Å². The van der Waals surface area contributed by atoms with Crippen molar-refractivity contribution in [2.45, 2.75) is 287 Å². The normalized spacial score (nSPS) is 34.2. The predicted octanol–water partition coefficient (Wildman–Crippen LogP) is 14.1. The van der Waals surface area contributed by atoms with Crippen LogP contribution in [-0.2, 0) is 44.8 Å².